The molecule has 1 unspecified atom stereocenters. The number of hydrogen-bond donors (Lipinski definition) is 1. The molecule has 7 heteroatoms. The Hall–Kier alpha value is -2.54. The quantitative estimate of drug-likeness (QED) is 0.597. The van der Waals surface area contributed by atoms with E-state index < -0.39 is 6.04 Å². The van der Waals surface area contributed by atoms with E-state index in [-0.39, 0.29) is 11.8 Å². The van der Waals surface area contributed by atoms with Gasteiger partial charge in [0.25, 0.3) is 0 Å². The number of hydrogen-bond acceptors (Lipinski definition) is 4. The van der Waals surface area contributed by atoms with E-state index in [4.69, 9.17) is 9.47 Å². The maximum Gasteiger partial charge on any atom is 0.247 e. The monoisotopic (exact) mass is 460 g/mol. The SMILES string of the molecule is COc1ccc(NC(=O)C2CCCN2C(=O)CCCOc2ccccc2Br)cc1. The second-order valence-corrected chi connectivity index (χ2v) is 7.70. The standard InChI is InChI=1S/C22H25BrN2O4/c1-28-17-12-10-16(11-13-17)24-22(27)19-7-4-14-25(19)21(26)9-5-15-29-20-8-3-2-6-18(20)23/h2-3,6,8,10-13,19H,4-5,7,9,14-15H2,1H3,(H,24,27). The molecule has 0 aromatic heterocycles. The zero-order chi connectivity index (χ0) is 20.6. The molecule has 1 saturated heterocycles. The van der Waals surface area contributed by atoms with Crippen LogP contribution in [0.2, 0.25) is 0 Å². The Labute approximate surface area is 179 Å². The number of para-hydroxylation sites is 1. The summed E-state index contributed by atoms with van der Waals surface area (Å²) in [6.07, 6.45) is 2.47. The minimum Gasteiger partial charge on any atom is -0.497 e. The molecule has 0 spiro atoms. The summed E-state index contributed by atoms with van der Waals surface area (Å²) in [6.45, 7) is 1.07. The van der Waals surface area contributed by atoms with Crippen molar-refractivity contribution in [3.05, 3.63) is 53.0 Å². The highest BCUT2D eigenvalue weighted by molar-refractivity contribution is 9.10. The molecule has 154 valence electrons. The molecular weight excluding hydrogens is 436 g/mol. The molecular formula is C22H25BrN2O4. The van der Waals surface area contributed by atoms with Gasteiger partial charge in [-0.05, 0) is 71.6 Å². The summed E-state index contributed by atoms with van der Waals surface area (Å²) in [6, 6.07) is 14.4. The molecule has 29 heavy (non-hydrogen) atoms. The molecule has 1 heterocycles. The average molecular weight is 461 g/mol. The first-order valence-corrected chi connectivity index (χ1v) is 10.5. The van der Waals surface area contributed by atoms with Gasteiger partial charge in [0.2, 0.25) is 11.8 Å². The first kappa shape index (κ1) is 21.2. The van der Waals surface area contributed by atoms with E-state index in [1.807, 2.05) is 24.3 Å². The number of amides is 2. The average Bonchev–Trinajstić information content (AvgIpc) is 3.23. The third-order valence-electron chi connectivity index (χ3n) is 4.86. The van der Waals surface area contributed by atoms with E-state index in [1.54, 1.807) is 36.3 Å². The summed E-state index contributed by atoms with van der Waals surface area (Å²) < 4.78 is 11.7. The number of nitrogens with zero attached hydrogens (tertiary/aromatic N) is 1. The van der Waals surface area contributed by atoms with Crippen molar-refractivity contribution in [3.8, 4) is 11.5 Å². The first-order valence-electron chi connectivity index (χ1n) is 9.70. The molecule has 1 fully saturated rings. The van der Waals surface area contributed by atoms with Gasteiger partial charge < -0.3 is 19.7 Å². The van der Waals surface area contributed by atoms with Crippen LogP contribution in [-0.2, 0) is 9.59 Å². The van der Waals surface area contributed by atoms with E-state index in [9.17, 15) is 9.59 Å². The molecule has 0 radical (unpaired) electrons. The lowest BCUT2D eigenvalue weighted by Gasteiger charge is -2.24. The number of halogens is 1. The third-order valence-corrected chi connectivity index (χ3v) is 5.52. The molecule has 1 aliphatic heterocycles. The number of carbonyl (C=O) groups excluding carboxylic acids is 2. The summed E-state index contributed by atoms with van der Waals surface area (Å²) in [7, 11) is 1.60. The lowest BCUT2D eigenvalue weighted by atomic mass is 10.2. The van der Waals surface area contributed by atoms with Gasteiger partial charge in [-0.25, -0.2) is 0 Å². The number of nitrogens with one attached hydrogen (secondary N) is 1. The Bertz CT molecular complexity index is 841. The highest BCUT2D eigenvalue weighted by Gasteiger charge is 2.33. The van der Waals surface area contributed by atoms with Crippen molar-refractivity contribution in [3.63, 3.8) is 0 Å². The van der Waals surface area contributed by atoms with Gasteiger partial charge in [-0.1, -0.05) is 12.1 Å². The molecule has 2 aromatic rings. The number of rotatable bonds is 8. The van der Waals surface area contributed by atoms with Crippen LogP contribution in [0.1, 0.15) is 25.7 Å². The molecule has 1 N–H and O–H groups in total. The normalized spacial score (nSPS) is 15.8. The van der Waals surface area contributed by atoms with Crippen molar-refractivity contribution in [2.24, 2.45) is 0 Å². The van der Waals surface area contributed by atoms with E-state index in [2.05, 4.69) is 21.2 Å². The van der Waals surface area contributed by atoms with Crippen LogP contribution in [0.4, 0.5) is 5.69 Å². The minimum absolute atomic E-state index is 0.00638. The Morgan fingerprint density at radius 1 is 1.17 bits per heavy atom. The maximum atomic E-state index is 12.7. The van der Waals surface area contributed by atoms with Crippen LogP contribution in [0.15, 0.2) is 53.0 Å². The van der Waals surface area contributed by atoms with Crippen LogP contribution < -0.4 is 14.8 Å². The summed E-state index contributed by atoms with van der Waals surface area (Å²) in [5.74, 6) is 1.34. The van der Waals surface area contributed by atoms with Crippen molar-refractivity contribution >= 4 is 33.4 Å². The second kappa shape index (κ2) is 10.3. The molecule has 1 atom stereocenters. The molecule has 3 rings (SSSR count). The summed E-state index contributed by atoms with van der Waals surface area (Å²) in [5.41, 5.74) is 0.692. The number of ether oxygens (including phenoxy) is 2. The Kier molecular flexibility index (Phi) is 7.52. The van der Waals surface area contributed by atoms with Crippen LogP contribution in [0.3, 0.4) is 0 Å². The Morgan fingerprint density at radius 2 is 1.93 bits per heavy atom. The summed E-state index contributed by atoms with van der Waals surface area (Å²) in [4.78, 5) is 27.0. The first-order chi connectivity index (χ1) is 14.1. The van der Waals surface area contributed by atoms with Crippen LogP contribution in [0.25, 0.3) is 0 Å². The zero-order valence-electron chi connectivity index (χ0n) is 16.4. The van der Waals surface area contributed by atoms with Crippen molar-refractivity contribution in [1.29, 1.82) is 0 Å². The lowest BCUT2D eigenvalue weighted by Crippen LogP contribution is -2.43. The minimum atomic E-state index is -0.422. The topological polar surface area (TPSA) is 67.9 Å². The molecule has 0 bridgehead atoms. The fraction of sp³-hybridized carbons (Fsp3) is 0.364. The summed E-state index contributed by atoms with van der Waals surface area (Å²) in [5, 5.41) is 2.90. The van der Waals surface area contributed by atoms with E-state index in [0.717, 1.165) is 22.4 Å². The molecule has 6 nitrogen and oxygen atoms in total. The van der Waals surface area contributed by atoms with E-state index >= 15 is 0 Å². The Balaban J connectivity index is 1.47. The number of benzene rings is 2. The second-order valence-electron chi connectivity index (χ2n) is 6.85. The fourth-order valence-corrected chi connectivity index (χ4v) is 3.75. The molecule has 1 aliphatic rings. The molecule has 0 aliphatic carbocycles. The van der Waals surface area contributed by atoms with Gasteiger partial charge in [-0.3, -0.25) is 9.59 Å². The molecule has 2 amide bonds. The van der Waals surface area contributed by atoms with Gasteiger partial charge in [0.15, 0.2) is 0 Å². The van der Waals surface area contributed by atoms with Gasteiger partial charge in [0.1, 0.15) is 17.5 Å². The van der Waals surface area contributed by atoms with Crippen LogP contribution in [0.5, 0.6) is 11.5 Å². The van der Waals surface area contributed by atoms with Crippen LogP contribution in [-0.4, -0.2) is 43.0 Å². The predicted molar refractivity (Wildman–Crippen MR) is 115 cm³/mol. The maximum absolute atomic E-state index is 12.7. The van der Waals surface area contributed by atoms with E-state index in [1.165, 1.54) is 0 Å². The fourth-order valence-electron chi connectivity index (χ4n) is 3.35. The van der Waals surface area contributed by atoms with Gasteiger partial charge >= 0.3 is 0 Å². The highest BCUT2D eigenvalue weighted by atomic mass is 79.9. The lowest BCUT2D eigenvalue weighted by molar-refractivity contribution is -0.136. The number of likely N-dealkylation sites (tertiary alicyclic amines) is 1. The smallest absolute Gasteiger partial charge is 0.247 e. The predicted octanol–water partition coefficient (Wildman–Crippen LogP) is 4.25. The number of anilines is 1. The van der Waals surface area contributed by atoms with Crippen molar-refractivity contribution in [1.82, 2.24) is 4.90 Å². The number of methoxy groups -OCH3 is 1. The van der Waals surface area contributed by atoms with Gasteiger partial charge in [0.05, 0.1) is 18.2 Å². The van der Waals surface area contributed by atoms with Gasteiger partial charge in [-0.15, -0.1) is 0 Å². The summed E-state index contributed by atoms with van der Waals surface area (Å²) >= 11 is 3.44. The molecule has 0 saturated carbocycles. The van der Waals surface area contributed by atoms with Gasteiger partial charge in [-0.2, -0.15) is 0 Å². The third kappa shape index (κ3) is 5.73. The zero-order valence-corrected chi connectivity index (χ0v) is 18.0. The highest BCUT2D eigenvalue weighted by Crippen LogP contribution is 2.24. The van der Waals surface area contributed by atoms with Crippen molar-refractivity contribution < 1.29 is 19.1 Å². The van der Waals surface area contributed by atoms with Gasteiger partial charge in [0, 0.05) is 18.7 Å². The van der Waals surface area contributed by atoms with Crippen LogP contribution >= 0.6 is 15.9 Å². The van der Waals surface area contributed by atoms with Crippen molar-refractivity contribution in [2.75, 3.05) is 25.6 Å². The largest absolute Gasteiger partial charge is 0.497 e. The van der Waals surface area contributed by atoms with Crippen LogP contribution in [0, 0.1) is 0 Å². The Morgan fingerprint density at radius 3 is 2.66 bits per heavy atom. The number of carbonyl (C=O) groups is 2. The molecule has 2 aromatic carbocycles. The van der Waals surface area contributed by atoms with E-state index in [0.29, 0.717) is 38.1 Å². The van der Waals surface area contributed by atoms with Crippen molar-refractivity contribution in [2.45, 2.75) is 31.7 Å².